The highest BCUT2D eigenvalue weighted by molar-refractivity contribution is 9.10. The van der Waals surface area contributed by atoms with Crippen LogP contribution in [0.2, 0.25) is 0 Å². The molecule has 8 nitrogen and oxygen atoms in total. The molecule has 3 N–H and O–H groups in total. The molecule has 0 amide bonds. The molecular formula is C21H21BrN4O4S. The van der Waals surface area contributed by atoms with Gasteiger partial charge in [-0.3, -0.25) is 0 Å². The summed E-state index contributed by atoms with van der Waals surface area (Å²) in [5.74, 6) is 2.62. The Kier molecular flexibility index (Phi) is 6.19. The van der Waals surface area contributed by atoms with Crippen LogP contribution < -0.4 is 25.3 Å². The van der Waals surface area contributed by atoms with Crippen molar-refractivity contribution in [3.63, 3.8) is 0 Å². The lowest BCUT2D eigenvalue weighted by Crippen LogP contribution is -2.04. The van der Waals surface area contributed by atoms with Crippen molar-refractivity contribution in [3.05, 3.63) is 51.3 Å². The van der Waals surface area contributed by atoms with Gasteiger partial charge in [0.05, 0.1) is 21.3 Å². The summed E-state index contributed by atoms with van der Waals surface area (Å²) in [6, 6.07) is 11.5. The number of hydrogen-bond donors (Lipinski definition) is 2. The summed E-state index contributed by atoms with van der Waals surface area (Å²) in [7, 11) is 4.69. The van der Waals surface area contributed by atoms with Crippen molar-refractivity contribution >= 4 is 49.8 Å². The molecule has 0 radical (unpaired) electrons. The van der Waals surface area contributed by atoms with Gasteiger partial charge < -0.3 is 30.0 Å². The zero-order valence-electron chi connectivity index (χ0n) is 17.1. The van der Waals surface area contributed by atoms with E-state index >= 15 is 0 Å². The van der Waals surface area contributed by atoms with Gasteiger partial charge in [0.1, 0.15) is 17.5 Å². The molecule has 31 heavy (non-hydrogen) atoms. The summed E-state index contributed by atoms with van der Waals surface area (Å²) < 4.78 is 23.1. The number of methoxy groups -OCH3 is 3. The van der Waals surface area contributed by atoms with Crippen molar-refractivity contribution in [1.82, 2.24) is 4.98 Å². The second-order valence-corrected chi connectivity index (χ2v) is 8.53. The highest BCUT2D eigenvalue weighted by Crippen LogP contribution is 2.41. The SMILES string of the molecule is COc1cc(Nc2nc(N)sc2C2=N[C@H](c3ccc(Br)cc3)CO2)cc(OC)c1OC. The first kappa shape index (κ1) is 21.3. The number of hydrogen-bond acceptors (Lipinski definition) is 9. The maximum absolute atomic E-state index is 6.00. The number of anilines is 3. The Labute approximate surface area is 192 Å². The van der Waals surface area contributed by atoms with Crippen LogP contribution in [0.25, 0.3) is 0 Å². The van der Waals surface area contributed by atoms with E-state index in [0.29, 0.717) is 46.4 Å². The van der Waals surface area contributed by atoms with E-state index in [1.165, 1.54) is 11.3 Å². The van der Waals surface area contributed by atoms with E-state index in [0.717, 1.165) is 14.9 Å². The van der Waals surface area contributed by atoms with E-state index in [-0.39, 0.29) is 6.04 Å². The number of ether oxygens (including phenoxy) is 4. The molecule has 0 saturated heterocycles. The number of nitrogens with one attached hydrogen (secondary N) is 1. The van der Waals surface area contributed by atoms with Crippen molar-refractivity contribution in [1.29, 1.82) is 0 Å². The molecule has 4 rings (SSSR count). The maximum Gasteiger partial charge on any atom is 0.231 e. The van der Waals surface area contributed by atoms with Crippen molar-refractivity contribution in [2.75, 3.05) is 39.0 Å². The number of aromatic nitrogens is 1. The second-order valence-electron chi connectivity index (χ2n) is 6.58. The van der Waals surface area contributed by atoms with Gasteiger partial charge in [-0.2, -0.15) is 0 Å². The van der Waals surface area contributed by atoms with Crippen LogP contribution in [0.3, 0.4) is 0 Å². The normalized spacial score (nSPS) is 15.2. The fourth-order valence-corrected chi connectivity index (χ4v) is 4.21. The molecule has 1 atom stereocenters. The minimum atomic E-state index is -0.0829. The number of thiazole rings is 1. The molecule has 0 spiro atoms. The molecular weight excluding hydrogens is 484 g/mol. The van der Waals surface area contributed by atoms with E-state index in [1.54, 1.807) is 33.5 Å². The highest BCUT2D eigenvalue weighted by atomic mass is 79.9. The van der Waals surface area contributed by atoms with Gasteiger partial charge >= 0.3 is 0 Å². The predicted octanol–water partition coefficient (Wildman–Crippen LogP) is 4.78. The third-order valence-electron chi connectivity index (χ3n) is 4.67. The van der Waals surface area contributed by atoms with Crippen LogP contribution >= 0.6 is 27.3 Å². The highest BCUT2D eigenvalue weighted by Gasteiger charge is 2.26. The first-order valence-electron chi connectivity index (χ1n) is 9.32. The van der Waals surface area contributed by atoms with Gasteiger partial charge in [-0.15, -0.1) is 0 Å². The van der Waals surface area contributed by atoms with Crippen molar-refractivity contribution in [2.45, 2.75) is 6.04 Å². The second kappa shape index (κ2) is 9.03. The molecule has 1 aliphatic rings. The molecule has 0 bridgehead atoms. The third-order valence-corrected chi connectivity index (χ3v) is 6.07. The Hall–Kier alpha value is -2.98. The first-order chi connectivity index (χ1) is 15.0. The Morgan fingerprint density at radius 1 is 1.10 bits per heavy atom. The summed E-state index contributed by atoms with van der Waals surface area (Å²) in [6.07, 6.45) is 0. The molecule has 2 aromatic carbocycles. The molecule has 0 unspecified atom stereocenters. The summed E-state index contributed by atoms with van der Waals surface area (Å²) in [5, 5.41) is 3.68. The summed E-state index contributed by atoms with van der Waals surface area (Å²) >= 11 is 4.77. The molecule has 0 fully saturated rings. The van der Waals surface area contributed by atoms with E-state index in [2.05, 4.69) is 26.2 Å². The van der Waals surface area contributed by atoms with Gasteiger partial charge in [-0.05, 0) is 17.7 Å². The topological polar surface area (TPSA) is 100 Å². The van der Waals surface area contributed by atoms with E-state index in [1.807, 2.05) is 24.3 Å². The number of nitrogens with zero attached hydrogens (tertiary/aromatic N) is 2. The van der Waals surface area contributed by atoms with Crippen LogP contribution in [-0.4, -0.2) is 38.8 Å². The lowest BCUT2D eigenvalue weighted by atomic mass is 10.1. The van der Waals surface area contributed by atoms with Crippen LogP contribution in [0, 0.1) is 0 Å². The fourth-order valence-electron chi connectivity index (χ4n) is 3.21. The summed E-state index contributed by atoms with van der Waals surface area (Å²) in [6.45, 7) is 0.457. The van der Waals surface area contributed by atoms with Gasteiger partial charge in [-0.25, -0.2) is 9.98 Å². The van der Waals surface area contributed by atoms with E-state index in [4.69, 9.17) is 29.7 Å². The number of nitrogens with two attached hydrogens (primary N) is 1. The molecule has 1 aromatic heterocycles. The fraction of sp³-hybridized carbons (Fsp3) is 0.238. The minimum Gasteiger partial charge on any atom is -0.493 e. The van der Waals surface area contributed by atoms with Crippen LogP contribution in [0.5, 0.6) is 17.2 Å². The number of benzene rings is 2. The zero-order valence-corrected chi connectivity index (χ0v) is 19.5. The van der Waals surface area contributed by atoms with Crippen LogP contribution in [0.15, 0.2) is 45.9 Å². The van der Waals surface area contributed by atoms with Crippen molar-refractivity contribution < 1.29 is 18.9 Å². The largest absolute Gasteiger partial charge is 0.493 e. The van der Waals surface area contributed by atoms with Gasteiger partial charge in [0, 0.05) is 22.3 Å². The number of rotatable bonds is 7. The van der Waals surface area contributed by atoms with E-state index < -0.39 is 0 Å². The standard InChI is InChI=1S/C21H21BrN4O4S/c1-27-15-8-13(9-16(28-2)17(15)29-3)24-19-18(31-21(23)26-19)20-25-14(10-30-20)11-4-6-12(22)7-5-11/h4-9,14,24H,10H2,1-3H3,(H2,23,26)/t14-/m0/s1. The lowest BCUT2D eigenvalue weighted by Gasteiger charge is -2.14. The molecule has 0 aliphatic carbocycles. The van der Waals surface area contributed by atoms with Gasteiger partial charge in [0.15, 0.2) is 22.4 Å². The summed E-state index contributed by atoms with van der Waals surface area (Å²) in [5.41, 5.74) is 7.78. The predicted molar refractivity (Wildman–Crippen MR) is 125 cm³/mol. The third kappa shape index (κ3) is 4.40. The average molecular weight is 505 g/mol. The first-order valence-corrected chi connectivity index (χ1v) is 10.9. The smallest absolute Gasteiger partial charge is 0.231 e. The number of nitrogen functional groups attached to an aromatic ring is 1. The van der Waals surface area contributed by atoms with Crippen molar-refractivity contribution in [3.8, 4) is 17.2 Å². The van der Waals surface area contributed by atoms with Crippen LogP contribution in [0.4, 0.5) is 16.6 Å². The Balaban J connectivity index is 1.64. The molecule has 1 aliphatic heterocycles. The number of halogens is 1. The quantitative estimate of drug-likeness (QED) is 0.477. The van der Waals surface area contributed by atoms with Crippen molar-refractivity contribution in [2.24, 2.45) is 4.99 Å². The zero-order chi connectivity index (χ0) is 22.0. The van der Waals surface area contributed by atoms with E-state index in [9.17, 15) is 0 Å². The maximum atomic E-state index is 6.00. The van der Waals surface area contributed by atoms with Gasteiger partial charge in [-0.1, -0.05) is 39.4 Å². The molecule has 0 saturated carbocycles. The molecule has 10 heteroatoms. The molecule has 3 aromatic rings. The Morgan fingerprint density at radius 3 is 2.39 bits per heavy atom. The molecule has 162 valence electrons. The van der Waals surface area contributed by atoms with Crippen LogP contribution in [0.1, 0.15) is 16.5 Å². The number of aliphatic imine (C=N–C) groups is 1. The summed E-state index contributed by atoms with van der Waals surface area (Å²) in [4.78, 5) is 9.90. The lowest BCUT2D eigenvalue weighted by molar-refractivity contribution is 0.320. The van der Waals surface area contributed by atoms with Gasteiger partial charge in [0.25, 0.3) is 0 Å². The average Bonchev–Trinajstić information content (AvgIpc) is 3.40. The molecule has 2 heterocycles. The Morgan fingerprint density at radius 2 is 1.77 bits per heavy atom. The Bertz CT molecular complexity index is 1090. The van der Waals surface area contributed by atoms with Gasteiger partial charge in [0.2, 0.25) is 11.6 Å². The minimum absolute atomic E-state index is 0.0829. The monoisotopic (exact) mass is 504 g/mol. The van der Waals surface area contributed by atoms with Crippen LogP contribution in [-0.2, 0) is 4.74 Å².